The Balaban J connectivity index is 1.47. The quantitative estimate of drug-likeness (QED) is 0.711. The summed E-state index contributed by atoms with van der Waals surface area (Å²) in [6, 6.07) is 12.9. The van der Waals surface area contributed by atoms with Crippen LogP contribution in [0.5, 0.6) is 0 Å². The van der Waals surface area contributed by atoms with E-state index in [0.717, 1.165) is 31.5 Å². The summed E-state index contributed by atoms with van der Waals surface area (Å²) < 4.78 is 13.1. The molecule has 2 heterocycles. The van der Waals surface area contributed by atoms with Crippen molar-refractivity contribution in [1.29, 1.82) is 0 Å². The van der Waals surface area contributed by atoms with Gasteiger partial charge in [-0.2, -0.15) is 0 Å². The second-order valence-electron chi connectivity index (χ2n) is 6.58. The molecule has 4 rings (SSSR count). The summed E-state index contributed by atoms with van der Waals surface area (Å²) in [5.74, 6) is -0.683. The molecule has 2 amide bonds. The molecule has 0 unspecified atom stereocenters. The number of nitrogens with zero attached hydrogens (tertiary/aromatic N) is 2. The van der Waals surface area contributed by atoms with Crippen LogP contribution in [0, 0.1) is 5.82 Å². The maximum atomic E-state index is 13.1. The van der Waals surface area contributed by atoms with Crippen molar-refractivity contribution >= 4 is 28.8 Å². The summed E-state index contributed by atoms with van der Waals surface area (Å²) in [5.41, 5.74) is 2.14. The Kier molecular flexibility index (Phi) is 5.16. The third-order valence-corrected chi connectivity index (χ3v) is 5.48. The molecule has 1 aromatic heterocycles. The Morgan fingerprint density at radius 1 is 1.07 bits per heavy atom. The van der Waals surface area contributed by atoms with E-state index in [1.165, 1.54) is 23.5 Å². The fraction of sp³-hybridized carbons (Fsp3) is 0.190. The highest BCUT2D eigenvalue weighted by Crippen LogP contribution is 2.24. The van der Waals surface area contributed by atoms with Crippen molar-refractivity contribution in [3.8, 4) is 10.6 Å². The summed E-state index contributed by atoms with van der Waals surface area (Å²) in [5, 5.41) is 5.09. The van der Waals surface area contributed by atoms with Crippen molar-refractivity contribution in [3.05, 3.63) is 71.0 Å². The highest BCUT2D eigenvalue weighted by atomic mass is 32.1. The van der Waals surface area contributed by atoms with E-state index in [0.29, 0.717) is 16.3 Å². The molecule has 5 nitrogen and oxygen atoms in total. The van der Waals surface area contributed by atoms with Gasteiger partial charge in [0.25, 0.3) is 11.8 Å². The van der Waals surface area contributed by atoms with Gasteiger partial charge in [0.1, 0.15) is 16.5 Å². The minimum Gasteiger partial charge on any atom is -0.339 e. The van der Waals surface area contributed by atoms with Gasteiger partial charge in [-0.1, -0.05) is 6.07 Å². The van der Waals surface area contributed by atoms with Gasteiger partial charge >= 0.3 is 0 Å². The molecule has 0 spiro atoms. The van der Waals surface area contributed by atoms with Gasteiger partial charge in [0.15, 0.2) is 0 Å². The van der Waals surface area contributed by atoms with Crippen molar-refractivity contribution in [2.24, 2.45) is 0 Å². The van der Waals surface area contributed by atoms with E-state index < -0.39 is 0 Å². The van der Waals surface area contributed by atoms with E-state index in [4.69, 9.17) is 0 Å². The molecule has 1 aliphatic heterocycles. The van der Waals surface area contributed by atoms with Crippen LogP contribution in [0.25, 0.3) is 10.6 Å². The minimum absolute atomic E-state index is 0.0131. The molecule has 0 saturated carbocycles. The first-order valence-corrected chi connectivity index (χ1v) is 9.90. The van der Waals surface area contributed by atoms with Crippen LogP contribution in [-0.2, 0) is 0 Å². The van der Waals surface area contributed by atoms with Crippen LogP contribution < -0.4 is 5.32 Å². The molecule has 1 aliphatic rings. The Bertz CT molecular complexity index is 1010. The van der Waals surface area contributed by atoms with Gasteiger partial charge in [0.05, 0.1) is 0 Å². The van der Waals surface area contributed by atoms with Gasteiger partial charge in [-0.25, -0.2) is 9.37 Å². The average Bonchev–Trinajstić information content (AvgIpc) is 3.40. The number of likely N-dealkylation sites (tertiary alicyclic amines) is 1. The van der Waals surface area contributed by atoms with Crippen molar-refractivity contribution < 1.29 is 14.0 Å². The first-order valence-electron chi connectivity index (χ1n) is 9.02. The number of anilines is 1. The van der Waals surface area contributed by atoms with E-state index >= 15 is 0 Å². The third-order valence-electron chi connectivity index (χ3n) is 4.59. The molecule has 7 heteroatoms. The van der Waals surface area contributed by atoms with Crippen LogP contribution in [0.4, 0.5) is 10.1 Å². The molecule has 1 N–H and O–H groups in total. The maximum absolute atomic E-state index is 13.1. The van der Waals surface area contributed by atoms with Crippen molar-refractivity contribution in [3.63, 3.8) is 0 Å². The molecule has 0 bridgehead atoms. The van der Waals surface area contributed by atoms with Gasteiger partial charge in [-0.3, -0.25) is 9.59 Å². The first kappa shape index (κ1) is 18.3. The zero-order chi connectivity index (χ0) is 19.5. The van der Waals surface area contributed by atoms with Gasteiger partial charge in [-0.15, -0.1) is 11.3 Å². The predicted molar refractivity (Wildman–Crippen MR) is 107 cm³/mol. The molecule has 0 radical (unpaired) electrons. The zero-order valence-corrected chi connectivity index (χ0v) is 15.8. The molecule has 2 aromatic carbocycles. The molecule has 28 heavy (non-hydrogen) atoms. The Labute approximate surface area is 165 Å². The van der Waals surface area contributed by atoms with Crippen LogP contribution >= 0.6 is 11.3 Å². The largest absolute Gasteiger partial charge is 0.339 e. The molecular weight excluding hydrogens is 377 g/mol. The molecule has 3 aromatic rings. The maximum Gasteiger partial charge on any atom is 0.275 e. The Morgan fingerprint density at radius 3 is 2.57 bits per heavy atom. The lowest BCUT2D eigenvalue weighted by Gasteiger charge is -2.15. The summed E-state index contributed by atoms with van der Waals surface area (Å²) in [4.78, 5) is 31.2. The smallest absolute Gasteiger partial charge is 0.275 e. The highest BCUT2D eigenvalue weighted by Gasteiger charge is 2.20. The second-order valence-corrected chi connectivity index (χ2v) is 7.44. The van der Waals surface area contributed by atoms with Gasteiger partial charge < -0.3 is 10.2 Å². The number of benzene rings is 2. The number of aromatic nitrogens is 1. The number of thiazole rings is 1. The topological polar surface area (TPSA) is 62.3 Å². The summed E-state index contributed by atoms with van der Waals surface area (Å²) in [6.45, 7) is 1.56. The molecule has 1 saturated heterocycles. The zero-order valence-electron chi connectivity index (χ0n) is 15.0. The standard InChI is InChI=1S/C21H18FN3O2S/c22-16-8-6-14(7-9-16)20-24-18(13-28-20)19(26)23-17-5-3-4-15(12-17)21(27)25-10-1-2-11-25/h3-9,12-13H,1-2,10-11H2,(H,23,26). The third kappa shape index (κ3) is 3.94. The average molecular weight is 395 g/mol. The molecule has 142 valence electrons. The van der Waals surface area contributed by atoms with Gasteiger partial charge in [0.2, 0.25) is 0 Å². The fourth-order valence-electron chi connectivity index (χ4n) is 3.13. The number of hydrogen-bond acceptors (Lipinski definition) is 4. The SMILES string of the molecule is O=C(Nc1cccc(C(=O)N2CCCC2)c1)c1csc(-c2ccc(F)cc2)n1. The van der Waals surface area contributed by atoms with Crippen molar-refractivity contribution in [1.82, 2.24) is 9.88 Å². The predicted octanol–water partition coefficient (Wildman–Crippen LogP) is 4.44. The van der Waals surface area contributed by atoms with E-state index in [1.54, 1.807) is 41.8 Å². The first-order chi connectivity index (χ1) is 13.6. The Morgan fingerprint density at radius 2 is 1.82 bits per heavy atom. The van der Waals surface area contributed by atoms with E-state index in [-0.39, 0.29) is 23.3 Å². The number of halogens is 1. The highest BCUT2D eigenvalue weighted by molar-refractivity contribution is 7.13. The summed E-state index contributed by atoms with van der Waals surface area (Å²) >= 11 is 1.32. The van der Waals surface area contributed by atoms with Crippen LogP contribution in [0.2, 0.25) is 0 Å². The molecule has 1 fully saturated rings. The van der Waals surface area contributed by atoms with Crippen molar-refractivity contribution in [2.45, 2.75) is 12.8 Å². The van der Waals surface area contributed by atoms with Crippen LogP contribution in [0.15, 0.2) is 53.9 Å². The lowest BCUT2D eigenvalue weighted by atomic mass is 10.1. The molecule has 0 atom stereocenters. The van der Waals surface area contributed by atoms with Crippen molar-refractivity contribution in [2.75, 3.05) is 18.4 Å². The lowest BCUT2D eigenvalue weighted by Crippen LogP contribution is -2.27. The Hall–Kier alpha value is -3.06. The number of carbonyl (C=O) groups is 2. The molecular formula is C21H18FN3O2S. The summed E-state index contributed by atoms with van der Waals surface area (Å²) in [7, 11) is 0. The van der Waals surface area contributed by atoms with E-state index in [9.17, 15) is 14.0 Å². The van der Waals surface area contributed by atoms with Crippen LogP contribution in [0.1, 0.15) is 33.7 Å². The molecule has 0 aliphatic carbocycles. The van der Waals surface area contributed by atoms with E-state index in [1.807, 2.05) is 4.90 Å². The number of hydrogen-bond donors (Lipinski definition) is 1. The van der Waals surface area contributed by atoms with Gasteiger partial charge in [0, 0.05) is 35.3 Å². The van der Waals surface area contributed by atoms with Crippen LogP contribution in [0.3, 0.4) is 0 Å². The van der Waals surface area contributed by atoms with Gasteiger partial charge in [-0.05, 0) is 55.3 Å². The fourth-order valence-corrected chi connectivity index (χ4v) is 3.94. The van der Waals surface area contributed by atoms with Crippen LogP contribution in [-0.4, -0.2) is 34.8 Å². The number of amides is 2. The lowest BCUT2D eigenvalue weighted by molar-refractivity contribution is 0.0792. The number of rotatable bonds is 4. The monoisotopic (exact) mass is 395 g/mol. The van der Waals surface area contributed by atoms with E-state index in [2.05, 4.69) is 10.3 Å². The number of nitrogens with one attached hydrogen (secondary N) is 1. The summed E-state index contributed by atoms with van der Waals surface area (Å²) in [6.07, 6.45) is 2.06. The number of carbonyl (C=O) groups excluding carboxylic acids is 2. The normalized spacial score (nSPS) is 13.5. The second kappa shape index (κ2) is 7.90. The minimum atomic E-state index is -0.351.